The number of ether oxygens (including phenoxy) is 1. The molecule has 1 saturated heterocycles. The van der Waals surface area contributed by atoms with Crippen LogP contribution in [0.1, 0.15) is 32.8 Å². The van der Waals surface area contributed by atoms with E-state index in [1.807, 2.05) is 30.3 Å². The summed E-state index contributed by atoms with van der Waals surface area (Å²) in [4.78, 5) is 14.8. The summed E-state index contributed by atoms with van der Waals surface area (Å²) < 4.78 is 6.20. The standard InChI is InChI=1S/C17H21NO2S2/c1-4-9-20-14-7-5-13(6-8-14)10-15-16(19)18(11-12(2)3)17(21)22-15/h5-8,10,12H,4,9,11H2,1-3H3/b15-10-. The monoisotopic (exact) mass is 335 g/mol. The topological polar surface area (TPSA) is 29.5 Å². The molecule has 1 amide bonds. The molecular formula is C17H21NO2S2. The Hall–Kier alpha value is -1.33. The van der Waals surface area contributed by atoms with Crippen molar-refractivity contribution in [3.63, 3.8) is 0 Å². The Labute approximate surface area is 141 Å². The highest BCUT2D eigenvalue weighted by molar-refractivity contribution is 8.26. The summed E-state index contributed by atoms with van der Waals surface area (Å²) >= 11 is 6.68. The van der Waals surface area contributed by atoms with Crippen LogP contribution in [0.4, 0.5) is 0 Å². The van der Waals surface area contributed by atoms with Crippen molar-refractivity contribution in [1.82, 2.24) is 4.90 Å². The predicted octanol–water partition coefficient (Wildman–Crippen LogP) is 4.33. The maximum atomic E-state index is 12.4. The van der Waals surface area contributed by atoms with E-state index in [4.69, 9.17) is 17.0 Å². The van der Waals surface area contributed by atoms with Crippen LogP contribution in [0.15, 0.2) is 29.2 Å². The molecule has 5 heteroatoms. The van der Waals surface area contributed by atoms with Crippen LogP contribution in [0.2, 0.25) is 0 Å². The summed E-state index contributed by atoms with van der Waals surface area (Å²) in [7, 11) is 0. The van der Waals surface area contributed by atoms with Crippen LogP contribution in [0.3, 0.4) is 0 Å². The van der Waals surface area contributed by atoms with Crippen molar-refractivity contribution < 1.29 is 9.53 Å². The summed E-state index contributed by atoms with van der Waals surface area (Å²) in [6.45, 7) is 7.63. The van der Waals surface area contributed by atoms with Crippen molar-refractivity contribution in [1.29, 1.82) is 0 Å². The molecule has 1 fully saturated rings. The minimum atomic E-state index is 0.00927. The van der Waals surface area contributed by atoms with Gasteiger partial charge < -0.3 is 4.74 Å². The van der Waals surface area contributed by atoms with Crippen LogP contribution in [0.5, 0.6) is 5.75 Å². The molecule has 22 heavy (non-hydrogen) atoms. The third-order valence-electron chi connectivity index (χ3n) is 3.07. The normalized spacial score (nSPS) is 16.9. The van der Waals surface area contributed by atoms with Gasteiger partial charge in [-0.05, 0) is 36.1 Å². The minimum absolute atomic E-state index is 0.00927. The lowest BCUT2D eigenvalue weighted by Gasteiger charge is -2.16. The van der Waals surface area contributed by atoms with Crippen molar-refractivity contribution in [2.45, 2.75) is 27.2 Å². The quantitative estimate of drug-likeness (QED) is 0.571. The van der Waals surface area contributed by atoms with E-state index >= 15 is 0 Å². The number of carbonyl (C=O) groups is 1. The summed E-state index contributed by atoms with van der Waals surface area (Å²) in [5, 5.41) is 0. The number of amides is 1. The molecule has 1 aromatic carbocycles. The molecule has 0 aliphatic carbocycles. The highest BCUT2D eigenvalue weighted by Gasteiger charge is 2.32. The molecule has 0 atom stereocenters. The van der Waals surface area contributed by atoms with Gasteiger partial charge in [-0.1, -0.05) is 56.9 Å². The summed E-state index contributed by atoms with van der Waals surface area (Å²) in [5.74, 6) is 1.26. The molecule has 1 aliphatic rings. The average Bonchev–Trinajstić information content (AvgIpc) is 2.74. The second kappa shape index (κ2) is 7.79. The van der Waals surface area contributed by atoms with E-state index in [1.165, 1.54) is 11.8 Å². The summed E-state index contributed by atoms with van der Waals surface area (Å²) in [6, 6.07) is 7.77. The highest BCUT2D eigenvalue weighted by atomic mass is 32.2. The molecule has 0 unspecified atom stereocenters. The maximum Gasteiger partial charge on any atom is 0.266 e. The first-order valence-corrected chi connectivity index (χ1v) is 8.72. The lowest BCUT2D eigenvalue weighted by atomic mass is 10.2. The molecule has 1 heterocycles. The van der Waals surface area contributed by atoms with Crippen LogP contribution < -0.4 is 4.74 Å². The van der Waals surface area contributed by atoms with Gasteiger partial charge in [0.2, 0.25) is 0 Å². The summed E-state index contributed by atoms with van der Waals surface area (Å²) in [5.41, 5.74) is 0.980. The zero-order valence-corrected chi connectivity index (χ0v) is 14.8. The Morgan fingerprint density at radius 1 is 1.32 bits per heavy atom. The second-order valence-corrected chi connectivity index (χ2v) is 7.28. The lowest BCUT2D eigenvalue weighted by Crippen LogP contribution is -2.31. The molecule has 0 radical (unpaired) electrons. The fourth-order valence-corrected chi connectivity index (χ4v) is 3.33. The molecule has 0 aromatic heterocycles. The Bertz CT molecular complexity index is 579. The number of rotatable bonds is 6. The van der Waals surface area contributed by atoms with Gasteiger partial charge in [0.05, 0.1) is 11.5 Å². The molecule has 0 saturated carbocycles. The van der Waals surface area contributed by atoms with E-state index in [1.54, 1.807) is 4.90 Å². The van der Waals surface area contributed by atoms with E-state index in [9.17, 15) is 4.79 Å². The van der Waals surface area contributed by atoms with E-state index in [0.29, 0.717) is 28.3 Å². The molecule has 1 aromatic rings. The molecule has 1 aliphatic heterocycles. The minimum Gasteiger partial charge on any atom is -0.494 e. The van der Waals surface area contributed by atoms with Gasteiger partial charge in [-0.2, -0.15) is 0 Å². The number of thiocarbonyl (C=S) groups is 1. The Morgan fingerprint density at radius 2 is 2.00 bits per heavy atom. The first kappa shape index (κ1) is 17.0. The molecule has 118 valence electrons. The van der Waals surface area contributed by atoms with Crippen molar-refractivity contribution in [3.05, 3.63) is 34.7 Å². The van der Waals surface area contributed by atoms with Gasteiger partial charge in [0.15, 0.2) is 0 Å². The van der Waals surface area contributed by atoms with E-state index in [-0.39, 0.29) is 5.91 Å². The van der Waals surface area contributed by atoms with E-state index in [0.717, 1.165) is 17.7 Å². The number of benzene rings is 1. The van der Waals surface area contributed by atoms with Crippen molar-refractivity contribution in [2.75, 3.05) is 13.2 Å². The maximum absolute atomic E-state index is 12.4. The van der Waals surface area contributed by atoms with Crippen LogP contribution in [-0.4, -0.2) is 28.3 Å². The van der Waals surface area contributed by atoms with E-state index in [2.05, 4.69) is 20.8 Å². The van der Waals surface area contributed by atoms with Crippen LogP contribution in [0.25, 0.3) is 6.08 Å². The predicted molar refractivity (Wildman–Crippen MR) is 96.9 cm³/mol. The van der Waals surface area contributed by atoms with Crippen LogP contribution in [0, 0.1) is 5.92 Å². The zero-order valence-electron chi connectivity index (χ0n) is 13.2. The summed E-state index contributed by atoms with van der Waals surface area (Å²) in [6.07, 6.45) is 2.88. The van der Waals surface area contributed by atoms with Crippen molar-refractivity contribution >= 4 is 40.3 Å². The largest absolute Gasteiger partial charge is 0.494 e. The first-order valence-electron chi connectivity index (χ1n) is 7.49. The number of hydrogen-bond donors (Lipinski definition) is 0. The Morgan fingerprint density at radius 3 is 2.59 bits per heavy atom. The SMILES string of the molecule is CCCOc1ccc(/C=C2\SC(=S)N(CC(C)C)C2=O)cc1. The van der Waals surface area contributed by atoms with E-state index < -0.39 is 0 Å². The molecule has 3 nitrogen and oxygen atoms in total. The van der Waals surface area contributed by atoms with Crippen LogP contribution in [-0.2, 0) is 4.79 Å². The van der Waals surface area contributed by atoms with Gasteiger partial charge in [-0.25, -0.2) is 0 Å². The van der Waals surface area contributed by atoms with Gasteiger partial charge >= 0.3 is 0 Å². The molecule has 2 rings (SSSR count). The molecule has 0 spiro atoms. The molecular weight excluding hydrogens is 314 g/mol. The van der Waals surface area contributed by atoms with Gasteiger partial charge in [-0.3, -0.25) is 9.69 Å². The fourth-order valence-electron chi connectivity index (χ4n) is 2.05. The first-order chi connectivity index (χ1) is 10.5. The van der Waals surface area contributed by atoms with Gasteiger partial charge in [0, 0.05) is 6.54 Å². The number of nitrogens with zero attached hydrogens (tertiary/aromatic N) is 1. The molecule has 0 N–H and O–H groups in total. The Kier molecular flexibility index (Phi) is 6.03. The number of thioether (sulfide) groups is 1. The van der Waals surface area contributed by atoms with Gasteiger partial charge in [0.25, 0.3) is 5.91 Å². The van der Waals surface area contributed by atoms with Crippen LogP contribution >= 0.6 is 24.0 Å². The number of hydrogen-bond acceptors (Lipinski definition) is 4. The number of carbonyl (C=O) groups excluding carboxylic acids is 1. The smallest absolute Gasteiger partial charge is 0.266 e. The average molecular weight is 335 g/mol. The van der Waals surface area contributed by atoms with Gasteiger partial charge in [-0.15, -0.1) is 0 Å². The van der Waals surface area contributed by atoms with Gasteiger partial charge in [0.1, 0.15) is 10.1 Å². The lowest BCUT2D eigenvalue weighted by molar-refractivity contribution is -0.122. The third-order valence-corrected chi connectivity index (χ3v) is 4.45. The zero-order chi connectivity index (χ0) is 16.1. The van der Waals surface area contributed by atoms with Crippen molar-refractivity contribution in [2.24, 2.45) is 5.92 Å². The Balaban J connectivity index is 2.09. The van der Waals surface area contributed by atoms with Crippen molar-refractivity contribution in [3.8, 4) is 5.75 Å². The molecule has 0 bridgehead atoms. The third kappa shape index (κ3) is 4.34. The fraction of sp³-hybridized carbons (Fsp3) is 0.412. The highest BCUT2D eigenvalue weighted by Crippen LogP contribution is 2.33. The second-order valence-electron chi connectivity index (χ2n) is 5.60.